The molecule has 6 rings (SSSR count). The number of pyridine rings is 1. The lowest BCUT2D eigenvalue weighted by Crippen LogP contribution is -2.99. The summed E-state index contributed by atoms with van der Waals surface area (Å²) in [5.74, 6) is -0.378. The molecule has 202 valence electrons. The lowest BCUT2D eigenvalue weighted by atomic mass is 9.69. The van der Waals surface area contributed by atoms with Gasteiger partial charge in [0.2, 0.25) is 5.91 Å². The second-order valence-corrected chi connectivity index (χ2v) is 11.0. The van der Waals surface area contributed by atoms with E-state index in [0.717, 1.165) is 23.4 Å². The smallest absolute Gasteiger partial charge is 0.309 e. The second-order valence-electron chi connectivity index (χ2n) is 11.0. The molecular formula is C28H34N4O6. The zero-order chi connectivity index (χ0) is 26.6. The zero-order valence-electron chi connectivity index (χ0n) is 21.5. The number of nitrogens with zero attached hydrogens (tertiary/aromatic N) is 3. The average Bonchev–Trinajstić information content (AvgIpc) is 2.92. The molecule has 2 aromatic rings. The number of anilines is 1. The lowest BCUT2D eigenvalue weighted by molar-refractivity contribution is -0.991. The number of nitrogens with one attached hydrogen (secondary N) is 1. The van der Waals surface area contributed by atoms with Crippen molar-refractivity contribution in [2.24, 2.45) is 17.8 Å². The molecule has 4 aliphatic heterocycles. The highest BCUT2D eigenvalue weighted by molar-refractivity contribution is 5.83. The summed E-state index contributed by atoms with van der Waals surface area (Å²) in [6.07, 6.45) is 2.55. The Hall–Kier alpha value is -3.21. The quantitative estimate of drug-likeness (QED) is 0.458. The first kappa shape index (κ1) is 25.1. The Morgan fingerprint density at radius 1 is 1.16 bits per heavy atom. The van der Waals surface area contributed by atoms with E-state index < -0.39 is 5.23 Å². The molecule has 1 aromatic heterocycles. The molecule has 10 heteroatoms. The first-order valence-electron chi connectivity index (χ1n) is 13.6. The molecule has 0 aliphatic carbocycles. The van der Waals surface area contributed by atoms with Crippen LogP contribution in [0.3, 0.4) is 0 Å². The highest BCUT2D eigenvalue weighted by Crippen LogP contribution is 2.48. The fourth-order valence-corrected chi connectivity index (χ4v) is 7.30. The number of hydrogen-bond donors (Lipinski definition) is 2. The minimum atomic E-state index is -0.984. The van der Waals surface area contributed by atoms with Crippen molar-refractivity contribution < 1.29 is 24.8 Å². The molecule has 0 saturated carbocycles. The molecule has 5 atom stereocenters. The number of quaternary nitrogens is 1. The fraction of sp³-hybridized carbons (Fsp3) is 0.536. The minimum absolute atomic E-state index is 0.00289. The Balaban J connectivity index is 1.33. The van der Waals surface area contributed by atoms with E-state index in [1.165, 1.54) is 0 Å². The molecule has 1 aromatic carbocycles. The minimum Gasteiger partial charge on any atom is -0.595 e. The van der Waals surface area contributed by atoms with Gasteiger partial charge in [-0.1, -0.05) is 6.07 Å². The molecule has 4 aliphatic rings. The first-order valence-corrected chi connectivity index (χ1v) is 13.6. The van der Waals surface area contributed by atoms with Crippen LogP contribution in [0, 0.1) is 23.0 Å². The monoisotopic (exact) mass is 522 g/mol. The maximum absolute atomic E-state index is 14.1. The first-order chi connectivity index (χ1) is 18.4. The number of carbonyl (C=O) groups excluding carboxylic acids is 2. The van der Waals surface area contributed by atoms with Gasteiger partial charge in [0.15, 0.2) is 5.69 Å². The van der Waals surface area contributed by atoms with Gasteiger partial charge in [0.1, 0.15) is 0 Å². The average molecular weight is 523 g/mol. The van der Waals surface area contributed by atoms with Gasteiger partial charge in [0.05, 0.1) is 18.4 Å². The van der Waals surface area contributed by atoms with Gasteiger partial charge < -0.3 is 24.3 Å². The maximum atomic E-state index is 14.1. The van der Waals surface area contributed by atoms with Crippen molar-refractivity contribution in [2.75, 3.05) is 31.1 Å². The number of aromatic nitrogens is 1. The molecule has 0 spiro atoms. The van der Waals surface area contributed by atoms with E-state index in [9.17, 15) is 24.8 Å². The van der Waals surface area contributed by atoms with Crippen LogP contribution >= 0.6 is 0 Å². The highest BCUT2D eigenvalue weighted by atomic mass is 16.8. The number of esters is 1. The SMILES string of the molecule is CCOC(=O)C1CCN(C(=O)[C@@H]2Cc3cc([NH+]([O-])O)ccc3N3CC4CC(Cn5c4cccc5=O)[C@@H]23)CC1. The summed E-state index contributed by atoms with van der Waals surface area (Å²) in [4.78, 5) is 43.3. The van der Waals surface area contributed by atoms with E-state index in [2.05, 4.69) is 4.90 Å². The molecule has 2 N–H and O–H groups in total. The molecule has 38 heavy (non-hydrogen) atoms. The predicted molar refractivity (Wildman–Crippen MR) is 138 cm³/mol. The van der Waals surface area contributed by atoms with Crippen molar-refractivity contribution in [1.29, 1.82) is 0 Å². The Morgan fingerprint density at radius 2 is 1.95 bits per heavy atom. The maximum Gasteiger partial charge on any atom is 0.309 e. The third kappa shape index (κ3) is 4.20. The molecule has 10 nitrogen and oxygen atoms in total. The predicted octanol–water partition coefficient (Wildman–Crippen LogP) is 1.22. The van der Waals surface area contributed by atoms with E-state index in [0.29, 0.717) is 52.0 Å². The van der Waals surface area contributed by atoms with Crippen LogP contribution in [0.2, 0.25) is 0 Å². The van der Waals surface area contributed by atoms with Gasteiger partial charge in [0, 0.05) is 67.7 Å². The number of ether oxygens (including phenoxy) is 1. The summed E-state index contributed by atoms with van der Waals surface area (Å²) in [7, 11) is 0. The summed E-state index contributed by atoms with van der Waals surface area (Å²) in [5.41, 5.74) is 3.12. The van der Waals surface area contributed by atoms with Crippen LogP contribution in [0.15, 0.2) is 41.2 Å². The highest BCUT2D eigenvalue weighted by Gasteiger charge is 2.50. The number of fused-ring (bicyclic) bond motifs is 8. The van der Waals surface area contributed by atoms with Gasteiger partial charge in [-0.15, -0.1) is 0 Å². The number of amides is 1. The van der Waals surface area contributed by atoms with Crippen LogP contribution in [0.1, 0.15) is 43.4 Å². The summed E-state index contributed by atoms with van der Waals surface area (Å²) < 4.78 is 7.07. The van der Waals surface area contributed by atoms with Gasteiger partial charge in [-0.2, -0.15) is 5.23 Å². The van der Waals surface area contributed by atoms with Crippen LogP contribution in [0.25, 0.3) is 0 Å². The van der Waals surface area contributed by atoms with Crippen molar-refractivity contribution in [2.45, 2.75) is 51.1 Å². The molecule has 2 saturated heterocycles. The van der Waals surface area contributed by atoms with E-state index in [1.54, 1.807) is 25.1 Å². The normalized spacial score (nSPS) is 27.1. The van der Waals surface area contributed by atoms with Crippen molar-refractivity contribution >= 4 is 23.3 Å². The molecule has 2 bridgehead atoms. The third-order valence-corrected chi connectivity index (χ3v) is 9.00. The molecular weight excluding hydrogens is 488 g/mol. The summed E-state index contributed by atoms with van der Waals surface area (Å²) in [6, 6.07) is 10.6. The summed E-state index contributed by atoms with van der Waals surface area (Å²) in [6.45, 7) is 4.41. The Kier molecular flexibility index (Phi) is 6.49. The van der Waals surface area contributed by atoms with Gasteiger partial charge in [-0.05, 0) is 56.2 Å². The van der Waals surface area contributed by atoms with Crippen LogP contribution in [0.5, 0.6) is 0 Å². The number of piperidine rings is 2. The number of likely N-dealkylation sites (tertiary alicyclic amines) is 1. The van der Waals surface area contributed by atoms with Crippen molar-refractivity contribution in [3.63, 3.8) is 0 Å². The standard InChI is InChI=1S/C28H34N4O6/c1-2-38-28(35)17-8-10-29(11-9-17)27(34)22-14-18-13-21(32(36)37)6-7-24(18)31-15-19-12-20(26(22)31)16-30-23(19)4-3-5-25(30)33/h3-7,13,17,19-20,22,26,32,36H,2,8-12,14-16H2,1H3/t19?,20?,22-,26+/m1/s1. The van der Waals surface area contributed by atoms with Gasteiger partial charge in [0.25, 0.3) is 5.56 Å². The molecule has 2 fully saturated rings. The molecule has 1 amide bonds. The van der Waals surface area contributed by atoms with E-state index in [-0.39, 0.29) is 52.8 Å². The summed E-state index contributed by atoms with van der Waals surface area (Å²) >= 11 is 0. The Labute approximate surface area is 220 Å². The van der Waals surface area contributed by atoms with Crippen molar-refractivity contribution in [1.82, 2.24) is 9.47 Å². The fourth-order valence-electron chi connectivity index (χ4n) is 7.30. The topological polar surface area (TPSA) is 120 Å². The van der Waals surface area contributed by atoms with Gasteiger partial charge in [-0.25, -0.2) is 5.21 Å². The number of rotatable bonds is 4. The number of hydrogen-bond acceptors (Lipinski definition) is 7. The van der Waals surface area contributed by atoms with Crippen LogP contribution in [-0.2, 0) is 27.3 Å². The zero-order valence-corrected chi connectivity index (χ0v) is 21.5. The molecule has 3 unspecified atom stereocenters. The summed E-state index contributed by atoms with van der Waals surface area (Å²) in [5, 5.41) is 20.4. The molecule has 5 heterocycles. The van der Waals surface area contributed by atoms with E-state index in [4.69, 9.17) is 4.74 Å². The largest absolute Gasteiger partial charge is 0.595 e. The van der Waals surface area contributed by atoms with Gasteiger partial charge in [-0.3, -0.25) is 14.4 Å². The van der Waals surface area contributed by atoms with Crippen molar-refractivity contribution in [3.8, 4) is 0 Å². The second kappa shape index (κ2) is 9.83. The lowest BCUT2D eigenvalue weighted by Gasteiger charge is -2.54. The molecule has 0 radical (unpaired) electrons. The van der Waals surface area contributed by atoms with Crippen LogP contribution in [0.4, 0.5) is 11.4 Å². The van der Waals surface area contributed by atoms with Gasteiger partial charge >= 0.3 is 5.97 Å². The Bertz CT molecular complexity index is 1300. The Morgan fingerprint density at radius 3 is 2.68 bits per heavy atom. The van der Waals surface area contributed by atoms with Crippen molar-refractivity contribution in [3.05, 3.63) is 63.2 Å². The third-order valence-electron chi connectivity index (χ3n) is 9.00. The van der Waals surface area contributed by atoms with E-state index in [1.807, 2.05) is 27.7 Å². The number of carbonyl (C=O) groups is 2. The number of benzene rings is 1. The van der Waals surface area contributed by atoms with E-state index >= 15 is 0 Å². The van der Waals surface area contributed by atoms with Crippen LogP contribution in [-0.4, -0.2) is 58.8 Å². The van der Waals surface area contributed by atoms with Crippen LogP contribution < -0.4 is 15.7 Å².